The Hall–Kier alpha value is -1.24. The highest BCUT2D eigenvalue weighted by molar-refractivity contribution is 5.48. The summed E-state index contributed by atoms with van der Waals surface area (Å²) in [4.78, 5) is 10.5. The van der Waals surface area contributed by atoms with Gasteiger partial charge in [-0.2, -0.15) is 0 Å². The first-order chi connectivity index (χ1) is 8.99. The Bertz CT molecular complexity index is 399. The topological polar surface area (TPSA) is 78.7 Å². The predicted octanol–water partition coefficient (Wildman–Crippen LogP) is 0.536. The summed E-state index contributed by atoms with van der Waals surface area (Å²) in [6.07, 6.45) is 1.10. The van der Waals surface area contributed by atoms with Gasteiger partial charge >= 0.3 is 0 Å². The summed E-state index contributed by atoms with van der Waals surface area (Å²) < 4.78 is 4.89. The van der Waals surface area contributed by atoms with Gasteiger partial charge in [-0.15, -0.1) is 0 Å². The van der Waals surface area contributed by atoms with E-state index in [-0.39, 0.29) is 19.1 Å². The molecule has 0 amide bonds. The van der Waals surface area contributed by atoms with Crippen molar-refractivity contribution in [3.05, 3.63) is 17.7 Å². The Kier molecular flexibility index (Phi) is 6.14. The normalized spacial score (nSPS) is 12.8. The van der Waals surface area contributed by atoms with Gasteiger partial charge in [0.15, 0.2) is 0 Å². The van der Waals surface area contributed by atoms with Gasteiger partial charge in [-0.1, -0.05) is 13.8 Å². The Balaban J connectivity index is 2.87. The van der Waals surface area contributed by atoms with Crippen molar-refractivity contribution in [1.82, 2.24) is 9.97 Å². The summed E-state index contributed by atoms with van der Waals surface area (Å²) in [5.74, 6) is 0.919. The average molecular weight is 269 g/mol. The second-order valence-corrected chi connectivity index (χ2v) is 4.86. The fourth-order valence-electron chi connectivity index (χ4n) is 1.80. The van der Waals surface area contributed by atoms with Crippen LogP contribution in [0.5, 0.6) is 0 Å². The van der Waals surface area contributed by atoms with E-state index in [1.54, 1.807) is 13.3 Å². The van der Waals surface area contributed by atoms with Gasteiger partial charge < -0.3 is 19.8 Å². The second kappa shape index (κ2) is 7.37. The van der Waals surface area contributed by atoms with Crippen LogP contribution in [0.25, 0.3) is 0 Å². The Morgan fingerprint density at radius 1 is 1.42 bits per heavy atom. The fraction of sp³-hybridized carbons (Fsp3) is 0.692. The zero-order chi connectivity index (χ0) is 14.4. The van der Waals surface area contributed by atoms with Gasteiger partial charge in [0.2, 0.25) is 0 Å². The van der Waals surface area contributed by atoms with E-state index in [0.29, 0.717) is 18.1 Å². The Morgan fingerprint density at radius 2 is 2.11 bits per heavy atom. The third-order valence-corrected chi connectivity index (χ3v) is 2.79. The largest absolute Gasteiger partial charge is 0.390 e. The molecule has 1 aromatic heterocycles. The molecule has 0 aliphatic heterocycles. The molecule has 0 spiro atoms. The quantitative estimate of drug-likeness (QED) is 0.752. The molecule has 0 aliphatic rings. The smallest absolute Gasteiger partial charge is 0.131 e. The molecule has 1 heterocycles. The molecule has 0 saturated carbocycles. The number of rotatable bonds is 7. The van der Waals surface area contributed by atoms with E-state index in [0.717, 1.165) is 5.69 Å². The number of nitrogens with zero attached hydrogens (tertiary/aromatic N) is 3. The molecule has 1 aromatic rings. The van der Waals surface area contributed by atoms with Gasteiger partial charge in [0, 0.05) is 26.6 Å². The lowest BCUT2D eigenvalue weighted by molar-refractivity contribution is 0.0694. The molecule has 2 N–H and O–H groups in total. The average Bonchev–Trinajstić information content (AvgIpc) is 2.37. The maximum atomic E-state index is 9.72. The highest BCUT2D eigenvalue weighted by Crippen LogP contribution is 2.19. The van der Waals surface area contributed by atoms with Crippen molar-refractivity contribution in [3.8, 4) is 0 Å². The van der Waals surface area contributed by atoms with Crippen molar-refractivity contribution in [2.24, 2.45) is 0 Å². The fourth-order valence-corrected chi connectivity index (χ4v) is 1.80. The number of ether oxygens (including phenoxy) is 1. The lowest BCUT2D eigenvalue weighted by Gasteiger charge is -2.24. The highest BCUT2D eigenvalue weighted by Gasteiger charge is 2.15. The first-order valence-electron chi connectivity index (χ1n) is 6.34. The molecule has 6 nitrogen and oxygen atoms in total. The van der Waals surface area contributed by atoms with Crippen LogP contribution in [0.2, 0.25) is 0 Å². The van der Waals surface area contributed by atoms with E-state index in [1.165, 1.54) is 0 Å². The van der Waals surface area contributed by atoms with Gasteiger partial charge in [0.25, 0.3) is 0 Å². The van der Waals surface area contributed by atoms with Crippen LogP contribution < -0.4 is 4.90 Å². The summed E-state index contributed by atoms with van der Waals surface area (Å²) in [5.41, 5.74) is 1.30. The van der Waals surface area contributed by atoms with Crippen LogP contribution in [-0.4, -0.2) is 53.6 Å². The van der Waals surface area contributed by atoms with Crippen LogP contribution in [-0.2, 0) is 11.3 Å². The Labute approximate surface area is 114 Å². The summed E-state index contributed by atoms with van der Waals surface area (Å²) in [6.45, 7) is 4.52. The second-order valence-electron chi connectivity index (χ2n) is 4.86. The minimum atomic E-state index is -0.591. The predicted molar refractivity (Wildman–Crippen MR) is 73.2 cm³/mol. The summed E-state index contributed by atoms with van der Waals surface area (Å²) >= 11 is 0. The molecule has 0 aromatic carbocycles. The van der Waals surface area contributed by atoms with Crippen molar-refractivity contribution in [2.45, 2.75) is 32.5 Å². The number of likely N-dealkylation sites (N-methyl/N-ethyl adjacent to an activating group) is 1. The molecule has 0 fully saturated rings. The zero-order valence-electron chi connectivity index (χ0n) is 12.0. The minimum absolute atomic E-state index is 0.151. The molecule has 0 aliphatic carbocycles. The number of aliphatic hydroxyl groups excluding tert-OH is 2. The minimum Gasteiger partial charge on any atom is -0.390 e. The van der Waals surface area contributed by atoms with Gasteiger partial charge in [0.05, 0.1) is 36.9 Å². The third-order valence-electron chi connectivity index (χ3n) is 2.79. The molecular formula is C13H23N3O3. The lowest BCUT2D eigenvalue weighted by atomic mass is 10.2. The first kappa shape index (κ1) is 15.8. The molecule has 108 valence electrons. The van der Waals surface area contributed by atoms with E-state index in [1.807, 2.05) is 25.8 Å². The van der Waals surface area contributed by atoms with Crippen molar-refractivity contribution < 1.29 is 14.9 Å². The highest BCUT2D eigenvalue weighted by atomic mass is 16.5. The van der Waals surface area contributed by atoms with E-state index < -0.39 is 6.10 Å². The number of hydrogen-bond donors (Lipinski definition) is 2. The molecule has 0 bridgehead atoms. The number of aliphatic hydroxyl groups is 2. The van der Waals surface area contributed by atoms with E-state index in [9.17, 15) is 10.2 Å². The molecule has 0 radical (unpaired) electrons. The SMILES string of the molecule is COCC(O)CN(C)c1cnc(C(C)C)nc1CO. The summed E-state index contributed by atoms with van der Waals surface area (Å²) in [7, 11) is 3.37. The van der Waals surface area contributed by atoms with Crippen LogP contribution in [0, 0.1) is 0 Å². The van der Waals surface area contributed by atoms with E-state index in [4.69, 9.17) is 4.74 Å². The lowest BCUT2D eigenvalue weighted by Crippen LogP contribution is -2.32. The van der Waals surface area contributed by atoms with Gasteiger partial charge in [-0.05, 0) is 0 Å². The molecule has 0 saturated heterocycles. The molecule has 6 heteroatoms. The number of hydrogen-bond acceptors (Lipinski definition) is 6. The monoisotopic (exact) mass is 269 g/mol. The van der Waals surface area contributed by atoms with Gasteiger partial charge in [-0.3, -0.25) is 0 Å². The standard InChI is InChI=1S/C13H23N3O3/c1-9(2)13-14-5-12(11(7-17)15-13)16(3)6-10(18)8-19-4/h5,9-10,17-18H,6-8H2,1-4H3. The molecule has 1 atom stereocenters. The zero-order valence-corrected chi connectivity index (χ0v) is 12.0. The van der Waals surface area contributed by atoms with Crippen molar-refractivity contribution >= 4 is 5.69 Å². The maximum absolute atomic E-state index is 9.72. The first-order valence-corrected chi connectivity index (χ1v) is 6.34. The molecular weight excluding hydrogens is 246 g/mol. The van der Waals surface area contributed by atoms with Crippen LogP contribution >= 0.6 is 0 Å². The summed E-state index contributed by atoms with van der Waals surface area (Å²) in [6, 6.07) is 0. The van der Waals surface area contributed by atoms with Gasteiger partial charge in [-0.25, -0.2) is 9.97 Å². The van der Waals surface area contributed by atoms with Crippen molar-refractivity contribution in [1.29, 1.82) is 0 Å². The molecule has 19 heavy (non-hydrogen) atoms. The number of aromatic nitrogens is 2. The van der Waals surface area contributed by atoms with Crippen molar-refractivity contribution in [3.63, 3.8) is 0 Å². The van der Waals surface area contributed by atoms with E-state index >= 15 is 0 Å². The van der Waals surface area contributed by atoms with Crippen molar-refractivity contribution in [2.75, 3.05) is 32.2 Å². The molecule has 1 rings (SSSR count). The van der Waals surface area contributed by atoms with Crippen LogP contribution in [0.4, 0.5) is 5.69 Å². The third kappa shape index (κ3) is 4.41. The van der Waals surface area contributed by atoms with Crippen LogP contribution in [0.15, 0.2) is 6.20 Å². The molecule has 1 unspecified atom stereocenters. The van der Waals surface area contributed by atoms with Crippen LogP contribution in [0.3, 0.4) is 0 Å². The Morgan fingerprint density at radius 3 is 2.63 bits per heavy atom. The number of anilines is 1. The summed E-state index contributed by atoms with van der Waals surface area (Å²) in [5, 5.41) is 19.1. The maximum Gasteiger partial charge on any atom is 0.131 e. The van der Waals surface area contributed by atoms with E-state index in [2.05, 4.69) is 9.97 Å². The number of methoxy groups -OCH3 is 1. The van der Waals surface area contributed by atoms with Gasteiger partial charge in [0.1, 0.15) is 5.82 Å². The van der Waals surface area contributed by atoms with Crippen LogP contribution in [0.1, 0.15) is 31.3 Å².